The van der Waals surface area contributed by atoms with Gasteiger partial charge in [0.05, 0.1) is 32.1 Å². The molecule has 0 spiro atoms. The Balaban J connectivity index is 1.89. The number of aromatic nitrogens is 1. The SMILES string of the molecule is COC(=O)C(CC(=O)O)NC(=O)Cc1cn([C@@H]2O[C@H](CO)[C@@H](O)[C@H](O)[C@H]2O)c2ccccc12. The topological polar surface area (TPSA) is 188 Å². The number of rotatable bonds is 8. The summed E-state index contributed by atoms with van der Waals surface area (Å²) in [5.41, 5.74) is 1.01. The molecule has 6 atom stereocenters. The van der Waals surface area contributed by atoms with Crippen LogP contribution in [0.4, 0.5) is 0 Å². The number of methoxy groups -OCH3 is 1. The lowest BCUT2D eigenvalue weighted by molar-refractivity contribution is -0.250. The summed E-state index contributed by atoms with van der Waals surface area (Å²) in [7, 11) is 1.08. The van der Waals surface area contributed by atoms with Crippen LogP contribution in [0.15, 0.2) is 30.5 Å². The highest BCUT2D eigenvalue weighted by molar-refractivity contribution is 5.92. The molecule has 1 amide bonds. The number of ether oxygens (including phenoxy) is 2. The molecule has 33 heavy (non-hydrogen) atoms. The predicted molar refractivity (Wildman–Crippen MR) is 111 cm³/mol. The quantitative estimate of drug-likeness (QED) is 0.244. The highest BCUT2D eigenvalue weighted by Gasteiger charge is 2.44. The molecule has 1 aliphatic heterocycles. The highest BCUT2D eigenvalue weighted by atomic mass is 16.6. The second-order valence-electron chi connectivity index (χ2n) is 7.72. The summed E-state index contributed by atoms with van der Waals surface area (Å²) < 4.78 is 11.6. The number of carbonyl (C=O) groups is 3. The summed E-state index contributed by atoms with van der Waals surface area (Å²) >= 11 is 0. The van der Waals surface area contributed by atoms with Crippen molar-refractivity contribution in [3.05, 3.63) is 36.0 Å². The van der Waals surface area contributed by atoms with Crippen LogP contribution < -0.4 is 5.32 Å². The van der Waals surface area contributed by atoms with Gasteiger partial charge >= 0.3 is 11.9 Å². The van der Waals surface area contributed by atoms with Gasteiger partial charge in [-0.05, 0) is 11.6 Å². The maximum Gasteiger partial charge on any atom is 0.328 e. The molecule has 1 aliphatic rings. The van der Waals surface area contributed by atoms with E-state index >= 15 is 0 Å². The number of amides is 1. The lowest BCUT2D eigenvalue weighted by Gasteiger charge is -2.40. The Bertz CT molecular complexity index is 1020. The number of carbonyl (C=O) groups excluding carboxylic acids is 2. The van der Waals surface area contributed by atoms with E-state index < -0.39 is 67.6 Å². The number of esters is 1. The van der Waals surface area contributed by atoms with Crippen LogP contribution in [0.1, 0.15) is 18.2 Å². The van der Waals surface area contributed by atoms with Crippen LogP contribution in [0.25, 0.3) is 10.9 Å². The Kier molecular flexibility index (Phi) is 7.66. The number of aliphatic hydroxyl groups is 4. The number of nitrogens with one attached hydrogen (secondary N) is 1. The van der Waals surface area contributed by atoms with Crippen molar-refractivity contribution in [2.45, 2.75) is 49.5 Å². The van der Waals surface area contributed by atoms with Crippen LogP contribution in [-0.2, 0) is 30.3 Å². The summed E-state index contributed by atoms with van der Waals surface area (Å²) in [6, 6.07) is 5.49. The third-order valence-corrected chi connectivity index (χ3v) is 5.51. The number of carboxylic acids is 1. The van der Waals surface area contributed by atoms with Crippen molar-refractivity contribution in [1.82, 2.24) is 9.88 Å². The van der Waals surface area contributed by atoms with Crippen LogP contribution in [0.2, 0.25) is 0 Å². The molecule has 0 aliphatic carbocycles. The monoisotopic (exact) mass is 466 g/mol. The van der Waals surface area contributed by atoms with Crippen molar-refractivity contribution in [2.75, 3.05) is 13.7 Å². The fraction of sp³-hybridized carbons (Fsp3) is 0.476. The molecule has 1 aromatic carbocycles. The van der Waals surface area contributed by atoms with Crippen molar-refractivity contribution in [1.29, 1.82) is 0 Å². The Morgan fingerprint density at radius 3 is 2.48 bits per heavy atom. The lowest BCUT2D eigenvalue weighted by atomic mass is 9.98. The van der Waals surface area contributed by atoms with E-state index in [-0.39, 0.29) is 6.42 Å². The third kappa shape index (κ3) is 5.15. The Hall–Kier alpha value is -3.03. The molecule has 0 bridgehead atoms. The fourth-order valence-electron chi connectivity index (χ4n) is 3.87. The number of aliphatic carboxylic acids is 1. The zero-order chi connectivity index (χ0) is 24.3. The van der Waals surface area contributed by atoms with Crippen molar-refractivity contribution in [2.24, 2.45) is 0 Å². The molecule has 6 N–H and O–H groups in total. The zero-order valence-electron chi connectivity index (χ0n) is 17.7. The van der Waals surface area contributed by atoms with Gasteiger partial charge < -0.3 is 44.9 Å². The van der Waals surface area contributed by atoms with E-state index in [0.29, 0.717) is 16.5 Å². The third-order valence-electron chi connectivity index (χ3n) is 5.51. The molecule has 1 aromatic heterocycles. The summed E-state index contributed by atoms with van der Waals surface area (Å²) in [6.07, 6.45) is -6.28. The van der Waals surface area contributed by atoms with E-state index in [1.807, 2.05) is 0 Å². The molecule has 1 unspecified atom stereocenters. The number of benzene rings is 1. The van der Waals surface area contributed by atoms with Gasteiger partial charge in [0.2, 0.25) is 5.91 Å². The standard InChI is InChI=1S/C21H26N2O10/c1-32-21(31)12(7-16(26)27)22-15(25)6-10-8-23(13-5-3-2-4-11(10)13)20-19(30)18(29)17(28)14(9-24)33-20/h2-5,8,12,14,17-20,24,28-30H,6-7,9H2,1H3,(H,22,25)(H,26,27)/t12?,14-,17-,18+,19-,20-/m1/s1. The van der Waals surface area contributed by atoms with Crippen LogP contribution in [0.5, 0.6) is 0 Å². The number of hydrogen-bond acceptors (Lipinski definition) is 9. The lowest BCUT2D eigenvalue weighted by Crippen LogP contribution is -2.56. The molecule has 180 valence electrons. The van der Waals surface area contributed by atoms with Gasteiger partial charge in [-0.1, -0.05) is 18.2 Å². The minimum absolute atomic E-state index is 0.238. The second kappa shape index (κ2) is 10.3. The van der Waals surface area contributed by atoms with Gasteiger partial charge in [-0.25, -0.2) is 4.79 Å². The molecule has 1 saturated heterocycles. The number of aliphatic hydroxyl groups excluding tert-OH is 4. The normalized spacial score (nSPS) is 26.0. The first-order chi connectivity index (χ1) is 15.7. The van der Waals surface area contributed by atoms with Gasteiger partial charge in [-0.2, -0.15) is 0 Å². The fourth-order valence-corrected chi connectivity index (χ4v) is 3.87. The first-order valence-corrected chi connectivity index (χ1v) is 10.2. The van der Waals surface area contributed by atoms with Gasteiger partial charge in [0.25, 0.3) is 0 Å². The molecule has 3 rings (SSSR count). The second-order valence-corrected chi connectivity index (χ2v) is 7.72. The van der Waals surface area contributed by atoms with Gasteiger partial charge in [-0.15, -0.1) is 0 Å². The average molecular weight is 466 g/mol. The Labute approximate surface area is 188 Å². The number of hydrogen-bond donors (Lipinski definition) is 6. The summed E-state index contributed by atoms with van der Waals surface area (Å²) in [4.78, 5) is 35.4. The van der Waals surface area contributed by atoms with Crippen molar-refractivity contribution >= 4 is 28.7 Å². The van der Waals surface area contributed by atoms with E-state index in [0.717, 1.165) is 7.11 Å². The molecular weight excluding hydrogens is 440 g/mol. The van der Waals surface area contributed by atoms with Crippen LogP contribution in [-0.4, -0.2) is 92.1 Å². The Morgan fingerprint density at radius 2 is 1.85 bits per heavy atom. The Morgan fingerprint density at radius 1 is 1.15 bits per heavy atom. The van der Waals surface area contributed by atoms with Crippen LogP contribution >= 0.6 is 0 Å². The summed E-state index contributed by atoms with van der Waals surface area (Å²) in [5.74, 6) is -2.82. The zero-order valence-corrected chi connectivity index (χ0v) is 17.7. The first kappa shape index (κ1) is 24.6. The molecule has 2 aromatic rings. The molecular formula is C21H26N2O10. The van der Waals surface area contributed by atoms with Gasteiger partial charge in [-0.3, -0.25) is 9.59 Å². The highest BCUT2D eigenvalue weighted by Crippen LogP contribution is 2.33. The minimum atomic E-state index is -1.58. The first-order valence-electron chi connectivity index (χ1n) is 10.2. The van der Waals surface area contributed by atoms with Crippen molar-refractivity contribution in [3.8, 4) is 0 Å². The van der Waals surface area contributed by atoms with Crippen molar-refractivity contribution in [3.63, 3.8) is 0 Å². The predicted octanol–water partition coefficient (Wildman–Crippen LogP) is -1.71. The summed E-state index contributed by atoms with van der Waals surface area (Å²) in [5, 5.41) is 52.1. The molecule has 0 radical (unpaired) electrons. The maximum atomic E-state index is 12.6. The maximum absolute atomic E-state index is 12.6. The van der Waals surface area contributed by atoms with E-state index in [2.05, 4.69) is 10.1 Å². The summed E-state index contributed by atoms with van der Waals surface area (Å²) in [6.45, 7) is -0.589. The average Bonchev–Trinajstić information content (AvgIpc) is 3.14. The minimum Gasteiger partial charge on any atom is -0.481 e. The number of nitrogens with zero attached hydrogens (tertiary/aromatic N) is 1. The van der Waals surface area contributed by atoms with Crippen LogP contribution in [0, 0.1) is 0 Å². The van der Waals surface area contributed by atoms with E-state index in [1.165, 1.54) is 10.8 Å². The molecule has 2 heterocycles. The van der Waals surface area contributed by atoms with Gasteiger partial charge in [0.1, 0.15) is 30.5 Å². The smallest absolute Gasteiger partial charge is 0.328 e. The van der Waals surface area contributed by atoms with Gasteiger partial charge in [0.15, 0.2) is 6.23 Å². The molecule has 12 heteroatoms. The van der Waals surface area contributed by atoms with Crippen molar-refractivity contribution < 1.29 is 49.4 Å². The largest absolute Gasteiger partial charge is 0.481 e. The van der Waals surface area contributed by atoms with Gasteiger partial charge in [0, 0.05) is 11.6 Å². The molecule has 1 fully saturated rings. The van der Waals surface area contributed by atoms with E-state index in [4.69, 9.17) is 9.84 Å². The number of para-hydroxylation sites is 1. The van der Waals surface area contributed by atoms with Crippen LogP contribution in [0.3, 0.4) is 0 Å². The van der Waals surface area contributed by atoms with E-state index in [1.54, 1.807) is 24.3 Å². The molecule has 0 saturated carbocycles. The van der Waals surface area contributed by atoms with E-state index in [9.17, 15) is 34.8 Å². The number of fused-ring (bicyclic) bond motifs is 1. The molecule has 12 nitrogen and oxygen atoms in total. The number of carboxylic acid groups (broad SMARTS) is 1.